The lowest BCUT2D eigenvalue weighted by atomic mass is 10.1. The number of ether oxygens (including phenoxy) is 2. The highest BCUT2D eigenvalue weighted by Gasteiger charge is 2.34. The average Bonchev–Trinajstić information content (AvgIpc) is 3.16. The zero-order valence-electron chi connectivity index (χ0n) is 19.5. The van der Waals surface area contributed by atoms with Gasteiger partial charge in [0.1, 0.15) is 6.61 Å². The fourth-order valence-electron chi connectivity index (χ4n) is 3.40. The summed E-state index contributed by atoms with van der Waals surface area (Å²) in [6.07, 6.45) is 1.68. The van der Waals surface area contributed by atoms with Crippen LogP contribution in [0.4, 0.5) is 0 Å². The summed E-state index contributed by atoms with van der Waals surface area (Å²) in [5.41, 5.74) is 1.73. The summed E-state index contributed by atoms with van der Waals surface area (Å²) in [6.45, 7) is 2.42. The molecule has 3 aromatic carbocycles. The van der Waals surface area contributed by atoms with Crippen molar-refractivity contribution in [1.82, 2.24) is 4.90 Å². The van der Waals surface area contributed by atoms with Gasteiger partial charge in [0.15, 0.2) is 16.7 Å². The number of sulfonamides is 1. The molecule has 186 valence electrons. The van der Waals surface area contributed by atoms with E-state index < -0.39 is 10.0 Å². The highest BCUT2D eigenvalue weighted by Crippen LogP contribution is 2.35. The lowest BCUT2D eigenvalue weighted by molar-refractivity contribution is -0.122. The van der Waals surface area contributed by atoms with Crippen LogP contribution in [0.3, 0.4) is 0 Å². The number of rotatable bonds is 8. The zero-order chi connectivity index (χ0) is 25.7. The van der Waals surface area contributed by atoms with Crippen molar-refractivity contribution >= 4 is 50.5 Å². The van der Waals surface area contributed by atoms with Crippen molar-refractivity contribution < 1.29 is 22.7 Å². The first-order valence-corrected chi connectivity index (χ1v) is 13.6. The number of benzene rings is 3. The molecule has 1 aliphatic heterocycles. The lowest BCUT2D eigenvalue weighted by Gasteiger charge is -2.12. The molecule has 0 unspecified atom stereocenters. The minimum absolute atomic E-state index is 0.00300. The second kappa shape index (κ2) is 11.2. The van der Waals surface area contributed by atoms with Crippen LogP contribution in [0.2, 0.25) is 5.02 Å². The predicted octanol–water partition coefficient (Wildman–Crippen LogP) is 5.61. The standard InChI is InChI=1S/C26H23ClN2O5S2/c1-3-29-25(30)24(35-26(29)28-36(31,32)21-12-10-20(27)11-13-21)16-19-9-14-22(23(15-19)33-2)34-17-18-7-5-4-6-8-18/h4-16H,3,17H2,1-2H3. The van der Waals surface area contributed by atoms with Crippen molar-refractivity contribution in [3.05, 3.63) is 93.9 Å². The van der Waals surface area contributed by atoms with Gasteiger partial charge in [-0.15, -0.1) is 4.40 Å². The van der Waals surface area contributed by atoms with Gasteiger partial charge in [0.25, 0.3) is 15.9 Å². The van der Waals surface area contributed by atoms with Crippen molar-refractivity contribution in [2.45, 2.75) is 18.4 Å². The fourth-order valence-corrected chi connectivity index (χ4v) is 5.77. The van der Waals surface area contributed by atoms with Crippen LogP contribution in [0.1, 0.15) is 18.1 Å². The minimum Gasteiger partial charge on any atom is -0.493 e. The number of methoxy groups -OCH3 is 1. The highest BCUT2D eigenvalue weighted by molar-refractivity contribution is 8.19. The lowest BCUT2D eigenvalue weighted by Crippen LogP contribution is -2.29. The number of hydrogen-bond donors (Lipinski definition) is 0. The van der Waals surface area contributed by atoms with Crippen LogP contribution >= 0.6 is 23.4 Å². The van der Waals surface area contributed by atoms with Gasteiger partial charge in [0.05, 0.1) is 16.9 Å². The van der Waals surface area contributed by atoms with Crippen LogP contribution in [0.5, 0.6) is 11.5 Å². The maximum absolute atomic E-state index is 13.0. The molecule has 0 radical (unpaired) electrons. The maximum Gasteiger partial charge on any atom is 0.284 e. The molecule has 4 rings (SSSR count). The van der Waals surface area contributed by atoms with Crippen LogP contribution in [0.25, 0.3) is 6.08 Å². The monoisotopic (exact) mass is 542 g/mol. The minimum atomic E-state index is -4.02. The van der Waals surface area contributed by atoms with E-state index >= 15 is 0 Å². The first-order chi connectivity index (χ1) is 17.3. The molecule has 1 saturated heterocycles. The number of amidine groups is 1. The third-order valence-electron chi connectivity index (χ3n) is 5.24. The molecule has 10 heteroatoms. The zero-order valence-corrected chi connectivity index (χ0v) is 21.9. The van der Waals surface area contributed by atoms with Crippen molar-refractivity contribution in [1.29, 1.82) is 0 Å². The summed E-state index contributed by atoms with van der Waals surface area (Å²) in [5.74, 6) is 0.763. The second-order valence-corrected chi connectivity index (χ2v) is 10.7. The summed E-state index contributed by atoms with van der Waals surface area (Å²) >= 11 is 6.86. The Kier molecular flexibility index (Phi) is 8.03. The molecule has 36 heavy (non-hydrogen) atoms. The number of carbonyl (C=O) groups excluding carboxylic acids is 1. The van der Waals surface area contributed by atoms with Crippen molar-refractivity contribution in [3.8, 4) is 11.5 Å². The number of amides is 1. The van der Waals surface area contributed by atoms with Crippen LogP contribution in [0.15, 0.2) is 87.0 Å². The largest absolute Gasteiger partial charge is 0.493 e. The van der Waals surface area contributed by atoms with E-state index in [9.17, 15) is 13.2 Å². The topological polar surface area (TPSA) is 85.3 Å². The van der Waals surface area contributed by atoms with Crippen LogP contribution in [-0.4, -0.2) is 38.0 Å². The molecule has 1 aliphatic rings. The molecule has 1 fully saturated rings. The van der Waals surface area contributed by atoms with Gasteiger partial charge >= 0.3 is 0 Å². The molecule has 0 N–H and O–H groups in total. The summed E-state index contributed by atoms with van der Waals surface area (Å²) in [7, 11) is -2.47. The first-order valence-electron chi connectivity index (χ1n) is 11.0. The third-order valence-corrected chi connectivity index (χ3v) is 7.89. The normalized spacial score (nSPS) is 16.1. The van der Waals surface area contributed by atoms with Gasteiger partial charge in [0.2, 0.25) is 0 Å². The van der Waals surface area contributed by atoms with Crippen molar-refractivity contribution in [2.75, 3.05) is 13.7 Å². The molecule has 0 atom stereocenters. The van der Waals surface area contributed by atoms with E-state index in [2.05, 4.69) is 4.40 Å². The van der Waals surface area contributed by atoms with Crippen molar-refractivity contribution in [2.24, 2.45) is 4.40 Å². The van der Waals surface area contributed by atoms with Gasteiger partial charge in [-0.1, -0.05) is 48.0 Å². The highest BCUT2D eigenvalue weighted by atomic mass is 35.5. The smallest absolute Gasteiger partial charge is 0.284 e. The Labute approximate surface area is 219 Å². The van der Waals surface area contributed by atoms with E-state index in [4.69, 9.17) is 21.1 Å². The summed E-state index contributed by atoms with van der Waals surface area (Å²) < 4.78 is 40.9. The SMILES string of the molecule is CCN1C(=O)C(=Cc2ccc(OCc3ccccc3)c(OC)c2)SC1=NS(=O)(=O)c1ccc(Cl)cc1. The van der Waals surface area contributed by atoms with E-state index in [1.54, 1.807) is 38.3 Å². The molecule has 3 aromatic rings. The van der Waals surface area contributed by atoms with Crippen LogP contribution in [-0.2, 0) is 21.4 Å². The molecule has 0 bridgehead atoms. The van der Waals surface area contributed by atoms with E-state index in [0.717, 1.165) is 17.3 Å². The Morgan fingerprint density at radius 3 is 2.42 bits per heavy atom. The van der Waals surface area contributed by atoms with Gasteiger partial charge in [-0.2, -0.15) is 8.42 Å². The Bertz CT molecular complexity index is 1420. The molecule has 1 heterocycles. The number of hydrogen-bond acceptors (Lipinski definition) is 6. The van der Waals surface area contributed by atoms with Gasteiger partial charge in [-0.25, -0.2) is 0 Å². The van der Waals surface area contributed by atoms with E-state index in [0.29, 0.717) is 33.6 Å². The average molecular weight is 543 g/mol. The number of carbonyl (C=O) groups is 1. The van der Waals surface area contributed by atoms with Gasteiger partial charge < -0.3 is 9.47 Å². The molecular formula is C26H23ClN2O5S2. The molecule has 1 amide bonds. The molecule has 0 spiro atoms. The Morgan fingerprint density at radius 1 is 1.03 bits per heavy atom. The molecule has 0 aliphatic carbocycles. The molecular weight excluding hydrogens is 520 g/mol. The molecule has 0 saturated carbocycles. The second-order valence-electron chi connectivity index (χ2n) is 7.65. The van der Waals surface area contributed by atoms with Gasteiger partial charge in [-0.05, 0) is 72.3 Å². The number of likely N-dealkylation sites (N-methyl/N-ethyl adjacent to an activating group) is 1. The van der Waals surface area contributed by atoms with Crippen LogP contribution in [0, 0.1) is 0 Å². The number of nitrogens with zero attached hydrogens (tertiary/aromatic N) is 2. The Hall–Kier alpha value is -3.27. The molecule has 0 aromatic heterocycles. The van der Waals surface area contributed by atoms with E-state index in [1.165, 1.54) is 29.2 Å². The van der Waals surface area contributed by atoms with Crippen LogP contribution < -0.4 is 9.47 Å². The summed E-state index contributed by atoms with van der Waals surface area (Å²) in [5, 5.41) is 0.512. The van der Waals surface area contributed by atoms with Crippen molar-refractivity contribution in [3.63, 3.8) is 0 Å². The first kappa shape index (κ1) is 25.8. The molecule has 7 nitrogen and oxygen atoms in total. The number of halogens is 1. The Morgan fingerprint density at radius 2 is 1.75 bits per heavy atom. The van der Waals surface area contributed by atoms with Gasteiger partial charge in [0, 0.05) is 11.6 Å². The fraction of sp³-hybridized carbons (Fsp3) is 0.154. The summed E-state index contributed by atoms with van der Waals surface area (Å²) in [6, 6.07) is 20.8. The summed E-state index contributed by atoms with van der Waals surface area (Å²) in [4.78, 5) is 14.7. The van der Waals surface area contributed by atoms with E-state index in [1.807, 2.05) is 30.3 Å². The van der Waals surface area contributed by atoms with Gasteiger partial charge in [-0.3, -0.25) is 9.69 Å². The third kappa shape index (κ3) is 5.92. The van der Waals surface area contributed by atoms with E-state index in [-0.39, 0.29) is 22.5 Å². The number of thioether (sulfide) groups is 1. The quantitative estimate of drug-likeness (QED) is 0.344. The Balaban J connectivity index is 1.57. The maximum atomic E-state index is 13.0. The predicted molar refractivity (Wildman–Crippen MR) is 143 cm³/mol.